The van der Waals surface area contributed by atoms with Crippen molar-refractivity contribution < 1.29 is 82.7 Å². The molecule has 0 radical (unpaired) electrons. The molecule has 10 aromatic rings. The summed E-state index contributed by atoms with van der Waals surface area (Å²) in [6.45, 7) is 9.03. The van der Waals surface area contributed by atoms with E-state index in [-0.39, 0.29) is 117 Å². The molecular formula is C68H56F10N6O8. The molecule has 6 heterocycles. The van der Waals surface area contributed by atoms with Crippen LogP contribution in [0, 0.1) is 45.7 Å². The third-order valence-electron chi connectivity index (χ3n) is 16.3. The van der Waals surface area contributed by atoms with Gasteiger partial charge in [0.05, 0.1) is 83.1 Å². The number of hydrogen-bond donors (Lipinski definition) is 2. The van der Waals surface area contributed by atoms with Crippen LogP contribution in [-0.2, 0) is 35.5 Å². The van der Waals surface area contributed by atoms with Gasteiger partial charge in [-0.1, -0.05) is 64.1 Å². The Labute approximate surface area is 518 Å². The lowest BCUT2D eigenvalue weighted by Crippen LogP contribution is -2.27. The predicted octanol–water partition coefficient (Wildman–Crippen LogP) is 15.8. The number of aromatic nitrogens is 6. The molecule has 92 heavy (non-hydrogen) atoms. The maximum absolute atomic E-state index is 15.6. The van der Waals surface area contributed by atoms with Crippen LogP contribution in [0.3, 0.4) is 0 Å². The van der Waals surface area contributed by atoms with E-state index in [1.165, 1.54) is 72.8 Å². The smallest absolute Gasteiger partial charge is 0.335 e. The number of nitrogens with zero attached hydrogens (tertiary/aromatic N) is 6. The highest BCUT2D eigenvalue weighted by molar-refractivity contribution is 5.93. The van der Waals surface area contributed by atoms with Crippen LogP contribution < -0.4 is 9.47 Å². The molecule has 0 aliphatic carbocycles. The van der Waals surface area contributed by atoms with Gasteiger partial charge in [-0.15, -0.1) is 0 Å². The molecule has 4 aromatic heterocycles. The highest BCUT2D eigenvalue weighted by Crippen LogP contribution is 2.43. The van der Waals surface area contributed by atoms with Gasteiger partial charge in [0.2, 0.25) is 11.8 Å². The fourth-order valence-electron chi connectivity index (χ4n) is 11.3. The maximum Gasteiger partial charge on any atom is 0.335 e. The number of alkyl halides is 4. The molecule has 2 fully saturated rings. The Balaban J connectivity index is 0.000000188. The quantitative estimate of drug-likeness (QED) is 0.0780. The van der Waals surface area contributed by atoms with Crippen LogP contribution in [0.25, 0.3) is 44.6 Å². The first-order valence-electron chi connectivity index (χ1n) is 28.8. The normalized spacial score (nSPS) is 16.0. The molecular weight excluding hydrogens is 1220 g/mol. The average molecular weight is 1280 g/mol. The second kappa shape index (κ2) is 25.9. The monoisotopic (exact) mass is 1270 g/mol. The van der Waals surface area contributed by atoms with E-state index in [0.29, 0.717) is 60.1 Å². The minimum absolute atomic E-state index is 0.00503. The van der Waals surface area contributed by atoms with Gasteiger partial charge in [0, 0.05) is 69.2 Å². The molecule has 0 spiro atoms. The highest BCUT2D eigenvalue weighted by atomic mass is 19.3. The maximum atomic E-state index is 15.6. The van der Waals surface area contributed by atoms with E-state index in [1.807, 2.05) is 36.8 Å². The second-order valence-corrected chi connectivity index (χ2v) is 23.7. The number of hydrogen-bond acceptors (Lipinski definition) is 10. The topological polar surface area (TPSA) is 173 Å². The second-order valence-electron chi connectivity index (χ2n) is 23.7. The number of fused-ring (bicyclic) bond motifs is 2. The lowest BCUT2D eigenvalue weighted by atomic mass is 9.87. The van der Waals surface area contributed by atoms with Crippen LogP contribution in [-0.4, -0.2) is 77.6 Å². The summed E-state index contributed by atoms with van der Waals surface area (Å²) in [7, 11) is 0. The largest absolute Gasteiger partial charge is 0.478 e. The number of ether oxygens (including phenoxy) is 4. The Kier molecular flexibility index (Phi) is 18.0. The van der Waals surface area contributed by atoms with Crippen molar-refractivity contribution in [1.82, 2.24) is 29.1 Å². The first kappa shape index (κ1) is 63.9. The summed E-state index contributed by atoms with van der Waals surface area (Å²) in [6, 6.07) is 27.8. The number of carboxylic acids is 2. The van der Waals surface area contributed by atoms with Gasteiger partial charge >= 0.3 is 11.9 Å². The summed E-state index contributed by atoms with van der Waals surface area (Å²) in [5.74, 6) is -6.01. The van der Waals surface area contributed by atoms with Crippen LogP contribution in [0.4, 0.5) is 43.9 Å². The third kappa shape index (κ3) is 13.4. The number of aromatic carboxylic acids is 2. The number of carboxylic acid groups (broad SMARTS) is 2. The van der Waals surface area contributed by atoms with E-state index in [2.05, 4.69) is 19.9 Å². The molecule has 2 saturated heterocycles. The Morgan fingerprint density at radius 2 is 0.891 bits per heavy atom. The SMILES string of the molecule is CC1(C)COCC1n1c(Cc2cc(F)c(-c3cccc(OCc4ccc(C(F)F)cc4F)n3)cc2F)nc2ccc(C(=O)O)cc21.CC1(C)COCC1n1c(Cc2cc(F)c(-c3cccc(OCc4ccc(C(F)F)cc4F)n3)cc2F)nc2ccc(C(=O)O)cc21. The van der Waals surface area contributed by atoms with Crippen LogP contribution in [0.5, 0.6) is 11.8 Å². The molecule has 0 bridgehead atoms. The van der Waals surface area contributed by atoms with E-state index in [4.69, 9.17) is 18.9 Å². The number of pyridine rings is 2. The Morgan fingerprint density at radius 3 is 1.24 bits per heavy atom. The lowest BCUT2D eigenvalue weighted by Gasteiger charge is -2.28. The minimum Gasteiger partial charge on any atom is -0.478 e. The molecule has 2 N–H and O–H groups in total. The van der Waals surface area contributed by atoms with Crippen molar-refractivity contribution in [3.63, 3.8) is 0 Å². The van der Waals surface area contributed by atoms with Gasteiger partial charge in [-0.05, 0) is 96.1 Å². The molecule has 0 amide bonds. The zero-order valence-corrected chi connectivity index (χ0v) is 49.5. The molecule has 476 valence electrons. The van der Waals surface area contributed by atoms with Gasteiger partial charge in [0.25, 0.3) is 12.9 Å². The van der Waals surface area contributed by atoms with E-state index >= 15 is 17.6 Å². The Bertz CT molecular complexity index is 4200. The van der Waals surface area contributed by atoms with E-state index in [9.17, 15) is 46.1 Å². The molecule has 24 heteroatoms. The molecule has 6 aromatic carbocycles. The first-order chi connectivity index (χ1) is 43.8. The molecule has 2 aliphatic heterocycles. The number of carbonyl (C=O) groups is 2. The van der Waals surface area contributed by atoms with Gasteiger partial charge in [0.15, 0.2) is 0 Å². The fourth-order valence-corrected chi connectivity index (χ4v) is 11.3. The number of rotatable bonds is 18. The predicted molar refractivity (Wildman–Crippen MR) is 317 cm³/mol. The number of imidazole rings is 2. The van der Waals surface area contributed by atoms with Crippen molar-refractivity contribution in [3.05, 3.63) is 225 Å². The number of benzene rings is 6. The molecule has 0 saturated carbocycles. The van der Waals surface area contributed by atoms with Gasteiger partial charge in [0.1, 0.15) is 59.8 Å². The van der Waals surface area contributed by atoms with Crippen LogP contribution in [0.2, 0.25) is 0 Å². The summed E-state index contributed by atoms with van der Waals surface area (Å²) in [4.78, 5) is 41.2. The fraction of sp³-hybridized carbons (Fsp3) is 0.265. The zero-order chi connectivity index (χ0) is 65.5. The van der Waals surface area contributed by atoms with Crippen molar-refractivity contribution in [2.75, 3.05) is 26.4 Å². The Hall–Kier alpha value is -9.68. The Morgan fingerprint density at radius 1 is 0.500 bits per heavy atom. The zero-order valence-electron chi connectivity index (χ0n) is 49.5. The summed E-state index contributed by atoms with van der Waals surface area (Å²) in [5, 5.41) is 19.1. The molecule has 12 rings (SSSR count). The molecule has 14 nitrogen and oxygen atoms in total. The third-order valence-corrected chi connectivity index (χ3v) is 16.3. The van der Waals surface area contributed by atoms with Gasteiger partial charge < -0.3 is 38.3 Å². The minimum atomic E-state index is -2.81. The van der Waals surface area contributed by atoms with Crippen molar-refractivity contribution in [2.45, 2.75) is 78.7 Å². The standard InChI is InChI=1S/2C34H28F5N3O4/c2*1-34(2)17-45-16-29(34)42-28-12-19(33(43)44)8-9-27(28)40-30(42)13-21-11-25(37)22(14-24(21)36)26-4-3-5-31(41-26)46-15-20-7-6-18(32(38)39)10-23(20)35/h2*3-12,14,29,32H,13,15-17H2,1-2H3,(H,43,44). The molecule has 2 atom stereocenters. The van der Waals surface area contributed by atoms with Crippen molar-refractivity contribution in [1.29, 1.82) is 0 Å². The van der Waals surface area contributed by atoms with Gasteiger partial charge in [-0.3, -0.25) is 0 Å². The van der Waals surface area contributed by atoms with Gasteiger partial charge in [-0.2, -0.15) is 0 Å². The van der Waals surface area contributed by atoms with Crippen molar-refractivity contribution in [2.24, 2.45) is 10.8 Å². The van der Waals surface area contributed by atoms with Crippen molar-refractivity contribution in [3.8, 4) is 34.3 Å². The van der Waals surface area contributed by atoms with Crippen LogP contribution in [0.15, 0.2) is 133 Å². The van der Waals surface area contributed by atoms with E-state index < -0.39 is 70.8 Å². The molecule has 2 aliphatic rings. The average Bonchev–Trinajstić information content (AvgIpc) is 1.60. The first-order valence-corrected chi connectivity index (χ1v) is 28.8. The van der Waals surface area contributed by atoms with E-state index in [1.54, 1.807) is 12.1 Å². The van der Waals surface area contributed by atoms with Crippen LogP contribution in [0.1, 0.15) is 118 Å². The number of halogens is 10. The molecule has 2 unspecified atom stereocenters. The summed E-state index contributed by atoms with van der Waals surface area (Å²) in [5.41, 5.74) is 0.682. The van der Waals surface area contributed by atoms with Crippen LogP contribution >= 0.6 is 0 Å². The van der Waals surface area contributed by atoms with Crippen molar-refractivity contribution >= 4 is 34.0 Å². The highest BCUT2D eigenvalue weighted by Gasteiger charge is 2.41. The summed E-state index contributed by atoms with van der Waals surface area (Å²) >= 11 is 0. The van der Waals surface area contributed by atoms with E-state index in [0.717, 1.165) is 48.5 Å². The van der Waals surface area contributed by atoms with Gasteiger partial charge in [-0.25, -0.2) is 73.4 Å². The summed E-state index contributed by atoms with van der Waals surface area (Å²) < 4.78 is 168. The summed E-state index contributed by atoms with van der Waals surface area (Å²) in [6.07, 6.45) is -5.79. The lowest BCUT2D eigenvalue weighted by molar-refractivity contribution is 0.0686.